The van der Waals surface area contributed by atoms with E-state index < -0.39 is 0 Å². The molecule has 138 valence electrons. The van der Waals surface area contributed by atoms with Gasteiger partial charge in [-0.15, -0.1) is 10.2 Å². The highest BCUT2D eigenvalue weighted by atomic mass is 35.5. The van der Waals surface area contributed by atoms with E-state index >= 15 is 0 Å². The van der Waals surface area contributed by atoms with Gasteiger partial charge in [-0.2, -0.15) is 0 Å². The number of halogens is 1. The first-order chi connectivity index (χ1) is 12.6. The summed E-state index contributed by atoms with van der Waals surface area (Å²) in [6.07, 6.45) is 0. The van der Waals surface area contributed by atoms with Crippen LogP contribution in [0.1, 0.15) is 24.2 Å². The Bertz CT molecular complexity index is 723. The van der Waals surface area contributed by atoms with Gasteiger partial charge in [0.1, 0.15) is 0 Å². The van der Waals surface area contributed by atoms with E-state index in [4.69, 9.17) is 11.6 Å². The molecular weight excluding hydrogens is 350 g/mol. The number of nitrogens with zero attached hydrogens (tertiary/aromatic N) is 5. The Morgan fingerprint density at radius 2 is 1.65 bits per heavy atom. The first-order valence-corrected chi connectivity index (χ1v) is 9.38. The second kappa shape index (κ2) is 8.36. The maximum absolute atomic E-state index is 12.6. The van der Waals surface area contributed by atoms with Gasteiger partial charge in [0, 0.05) is 49.9 Å². The minimum Gasteiger partial charge on any atom is -0.356 e. The lowest BCUT2D eigenvalue weighted by Crippen LogP contribution is -2.49. The van der Waals surface area contributed by atoms with Gasteiger partial charge in [0.25, 0.3) is 5.91 Å². The maximum atomic E-state index is 12.6. The van der Waals surface area contributed by atoms with Crippen LogP contribution >= 0.6 is 11.6 Å². The van der Waals surface area contributed by atoms with Gasteiger partial charge in [0.2, 0.25) is 0 Å². The molecule has 0 bridgehead atoms. The Morgan fingerprint density at radius 1 is 1.00 bits per heavy atom. The average molecular weight is 374 g/mol. The second-order valence-electron chi connectivity index (χ2n) is 6.21. The van der Waals surface area contributed by atoms with Crippen LogP contribution in [-0.4, -0.2) is 60.3 Å². The van der Waals surface area contributed by atoms with Gasteiger partial charge < -0.3 is 14.7 Å². The van der Waals surface area contributed by atoms with Crippen molar-refractivity contribution in [3.8, 4) is 0 Å². The van der Waals surface area contributed by atoms with Crippen LogP contribution in [0.3, 0.4) is 0 Å². The highest BCUT2D eigenvalue weighted by Crippen LogP contribution is 2.18. The molecule has 1 aliphatic rings. The molecule has 1 amide bonds. The molecule has 2 heterocycles. The summed E-state index contributed by atoms with van der Waals surface area (Å²) in [5.41, 5.74) is 0.672. The van der Waals surface area contributed by atoms with E-state index in [2.05, 4.69) is 33.8 Å². The third-order valence-corrected chi connectivity index (χ3v) is 4.96. The van der Waals surface area contributed by atoms with Crippen molar-refractivity contribution in [1.29, 1.82) is 0 Å². The summed E-state index contributed by atoms with van der Waals surface area (Å²) in [7, 11) is 0. The van der Waals surface area contributed by atoms with E-state index in [9.17, 15) is 4.79 Å². The molecule has 6 nitrogen and oxygen atoms in total. The van der Waals surface area contributed by atoms with Crippen molar-refractivity contribution in [2.75, 3.05) is 49.1 Å². The summed E-state index contributed by atoms with van der Waals surface area (Å²) in [6, 6.07) is 11.1. The largest absolute Gasteiger partial charge is 0.356 e. The van der Waals surface area contributed by atoms with Crippen LogP contribution in [-0.2, 0) is 0 Å². The Kier molecular flexibility index (Phi) is 5.93. The van der Waals surface area contributed by atoms with Crippen LogP contribution in [0.2, 0.25) is 5.02 Å². The van der Waals surface area contributed by atoms with E-state index in [1.807, 2.05) is 17.0 Å². The summed E-state index contributed by atoms with van der Waals surface area (Å²) < 4.78 is 0. The molecule has 1 fully saturated rings. The summed E-state index contributed by atoms with van der Waals surface area (Å²) >= 11 is 5.89. The highest BCUT2D eigenvalue weighted by molar-refractivity contribution is 6.30. The molecule has 0 unspecified atom stereocenters. The highest BCUT2D eigenvalue weighted by Gasteiger charge is 2.23. The zero-order chi connectivity index (χ0) is 18.5. The summed E-state index contributed by atoms with van der Waals surface area (Å²) in [6.45, 7) is 8.87. The molecule has 26 heavy (non-hydrogen) atoms. The van der Waals surface area contributed by atoms with Gasteiger partial charge in [0.15, 0.2) is 11.6 Å². The van der Waals surface area contributed by atoms with Crippen LogP contribution in [0.4, 0.5) is 11.6 Å². The van der Waals surface area contributed by atoms with E-state index in [0.29, 0.717) is 23.7 Å². The predicted octanol–water partition coefficient (Wildman–Crippen LogP) is 2.94. The molecule has 1 aromatic carbocycles. The van der Waals surface area contributed by atoms with Gasteiger partial charge in [-0.1, -0.05) is 11.6 Å². The van der Waals surface area contributed by atoms with Crippen molar-refractivity contribution < 1.29 is 4.79 Å². The molecule has 3 rings (SSSR count). The van der Waals surface area contributed by atoms with Gasteiger partial charge in [0.05, 0.1) is 0 Å². The number of hydrogen-bond donors (Lipinski definition) is 0. The molecule has 2 aromatic rings. The van der Waals surface area contributed by atoms with Gasteiger partial charge >= 0.3 is 0 Å². The summed E-state index contributed by atoms with van der Waals surface area (Å²) in [5, 5.41) is 9.36. The van der Waals surface area contributed by atoms with Crippen LogP contribution in [0.25, 0.3) is 0 Å². The van der Waals surface area contributed by atoms with Crippen molar-refractivity contribution in [3.05, 3.63) is 47.0 Å². The molecule has 7 heteroatoms. The molecule has 1 aromatic heterocycles. The van der Waals surface area contributed by atoms with Gasteiger partial charge in [-0.25, -0.2) is 0 Å². The Labute approximate surface area is 159 Å². The molecule has 1 saturated heterocycles. The van der Waals surface area contributed by atoms with Crippen molar-refractivity contribution in [1.82, 2.24) is 15.1 Å². The summed E-state index contributed by atoms with van der Waals surface area (Å²) in [4.78, 5) is 18.8. The molecule has 0 spiro atoms. The van der Waals surface area contributed by atoms with E-state index in [0.717, 1.165) is 37.8 Å². The fraction of sp³-hybridized carbons (Fsp3) is 0.421. The number of carbonyl (C=O) groups is 1. The molecule has 1 aliphatic heterocycles. The monoisotopic (exact) mass is 373 g/mol. The van der Waals surface area contributed by atoms with Crippen LogP contribution in [0.15, 0.2) is 36.4 Å². The smallest absolute Gasteiger partial charge is 0.253 e. The Hall–Kier alpha value is -2.34. The standard InChI is InChI=1S/C19H24ClN5O/c1-3-23(4-2)17-9-10-18(22-21-17)24-11-13-25(14-12-24)19(26)15-5-7-16(20)8-6-15/h5-10H,3-4,11-14H2,1-2H3. The lowest BCUT2D eigenvalue weighted by Gasteiger charge is -2.35. The van der Waals surface area contributed by atoms with Crippen molar-refractivity contribution in [2.24, 2.45) is 0 Å². The number of anilines is 2. The first kappa shape index (κ1) is 18.5. The third-order valence-electron chi connectivity index (χ3n) is 4.71. The Balaban J connectivity index is 1.59. The molecule has 0 aliphatic carbocycles. The quantitative estimate of drug-likeness (QED) is 0.806. The maximum Gasteiger partial charge on any atom is 0.253 e. The molecule has 0 saturated carbocycles. The van der Waals surface area contributed by atoms with Crippen molar-refractivity contribution >= 4 is 29.1 Å². The second-order valence-corrected chi connectivity index (χ2v) is 6.64. The minimum atomic E-state index is 0.0456. The lowest BCUT2D eigenvalue weighted by atomic mass is 10.2. The minimum absolute atomic E-state index is 0.0456. The lowest BCUT2D eigenvalue weighted by molar-refractivity contribution is 0.0746. The fourth-order valence-electron chi connectivity index (χ4n) is 3.12. The fourth-order valence-corrected chi connectivity index (χ4v) is 3.24. The normalized spacial score (nSPS) is 14.4. The number of piperazine rings is 1. The number of carbonyl (C=O) groups excluding carboxylic acids is 1. The van der Waals surface area contributed by atoms with Crippen molar-refractivity contribution in [2.45, 2.75) is 13.8 Å². The molecule has 0 atom stereocenters. The zero-order valence-corrected chi connectivity index (χ0v) is 16.0. The third kappa shape index (κ3) is 4.07. The zero-order valence-electron chi connectivity index (χ0n) is 15.2. The first-order valence-electron chi connectivity index (χ1n) is 9.00. The SMILES string of the molecule is CCN(CC)c1ccc(N2CCN(C(=O)c3ccc(Cl)cc3)CC2)nn1. The van der Waals surface area contributed by atoms with Crippen LogP contribution in [0, 0.1) is 0 Å². The number of hydrogen-bond acceptors (Lipinski definition) is 5. The van der Waals surface area contributed by atoms with Crippen LogP contribution in [0.5, 0.6) is 0 Å². The molecular formula is C19H24ClN5O. The van der Waals surface area contributed by atoms with Crippen LogP contribution < -0.4 is 9.80 Å². The number of benzene rings is 1. The molecule has 0 N–H and O–H groups in total. The van der Waals surface area contributed by atoms with Crippen molar-refractivity contribution in [3.63, 3.8) is 0 Å². The number of aromatic nitrogens is 2. The topological polar surface area (TPSA) is 52.6 Å². The van der Waals surface area contributed by atoms with E-state index in [1.54, 1.807) is 24.3 Å². The predicted molar refractivity (Wildman–Crippen MR) is 105 cm³/mol. The number of rotatable bonds is 5. The summed E-state index contributed by atoms with van der Waals surface area (Å²) in [5.74, 6) is 1.80. The molecule has 0 radical (unpaired) electrons. The Morgan fingerprint density at radius 3 is 2.19 bits per heavy atom. The van der Waals surface area contributed by atoms with Gasteiger partial charge in [-0.3, -0.25) is 4.79 Å². The van der Waals surface area contributed by atoms with Gasteiger partial charge in [-0.05, 0) is 50.2 Å². The average Bonchev–Trinajstić information content (AvgIpc) is 2.70. The number of amides is 1. The van der Waals surface area contributed by atoms with E-state index in [1.165, 1.54) is 0 Å². The van der Waals surface area contributed by atoms with E-state index in [-0.39, 0.29) is 5.91 Å².